The van der Waals surface area contributed by atoms with Crippen LogP contribution < -0.4 is 0 Å². The van der Waals surface area contributed by atoms with Crippen molar-refractivity contribution in [2.75, 3.05) is 0 Å². The largest absolute Gasteiger partial charge is 0.260 e. The molecule has 3 aliphatic rings. The monoisotopic (exact) mass is 287 g/mol. The molecule has 0 N–H and O–H groups in total. The molecule has 0 aromatic heterocycles. The Hall–Kier alpha value is -2.00. The smallest absolute Gasteiger partial charge is 0.161 e. The summed E-state index contributed by atoms with van der Waals surface area (Å²) in [5, 5.41) is 9.06. The van der Waals surface area contributed by atoms with Crippen LogP contribution in [0.25, 0.3) is 0 Å². The molecule has 3 heterocycles. The first kappa shape index (κ1) is 10.2. The van der Waals surface area contributed by atoms with E-state index in [-0.39, 0.29) is 0 Å². The highest BCUT2D eigenvalue weighted by molar-refractivity contribution is 9.12. The van der Waals surface area contributed by atoms with Crippen LogP contribution in [0.3, 0.4) is 0 Å². The van der Waals surface area contributed by atoms with Crippen LogP contribution in [0.1, 0.15) is 6.92 Å². The van der Waals surface area contributed by atoms with Crippen molar-refractivity contribution in [2.24, 2.45) is 15.0 Å². The van der Waals surface area contributed by atoms with E-state index in [4.69, 9.17) is 5.26 Å². The summed E-state index contributed by atoms with van der Waals surface area (Å²) in [7, 11) is 0. The second kappa shape index (κ2) is 3.50. The van der Waals surface area contributed by atoms with E-state index in [2.05, 4.69) is 37.0 Å². The van der Waals surface area contributed by atoms with Gasteiger partial charge in [0.05, 0.1) is 10.7 Å². The van der Waals surface area contributed by atoms with Crippen molar-refractivity contribution in [3.63, 3.8) is 0 Å². The summed E-state index contributed by atoms with van der Waals surface area (Å²) in [6, 6.07) is 2.09. The lowest BCUT2D eigenvalue weighted by Gasteiger charge is -2.33. The predicted molar refractivity (Wildman–Crippen MR) is 68.6 cm³/mol. The zero-order chi connectivity index (χ0) is 12.0. The molecule has 0 amide bonds. The Labute approximate surface area is 106 Å². The molecule has 0 aromatic rings. The zero-order valence-electron chi connectivity index (χ0n) is 8.85. The van der Waals surface area contributed by atoms with Crippen molar-refractivity contribution in [3.8, 4) is 6.07 Å². The van der Waals surface area contributed by atoms with Gasteiger partial charge in [0.2, 0.25) is 0 Å². The van der Waals surface area contributed by atoms with Crippen LogP contribution in [-0.4, -0.2) is 22.4 Å². The summed E-state index contributed by atoms with van der Waals surface area (Å²) < 4.78 is 0.844. The maximum absolute atomic E-state index is 9.06. The van der Waals surface area contributed by atoms with Gasteiger partial charge in [0.15, 0.2) is 11.7 Å². The van der Waals surface area contributed by atoms with Gasteiger partial charge in [-0.05, 0) is 35.0 Å². The van der Waals surface area contributed by atoms with Gasteiger partial charge in [-0.1, -0.05) is 0 Å². The fraction of sp³-hybridized carbons (Fsp3) is 0.0909. The first-order valence-corrected chi connectivity index (χ1v) is 5.70. The fourth-order valence-corrected chi connectivity index (χ4v) is 2.18. The SMILES string of the molecule is CC1=NC2=CC=C(Br)C3=NC=C(C#N)C(=N1)N23. The molecule has 0 aromatic carbocycles. The Bertz CT molecular complexity index is 639. The Morgan fingerprint density at radius 3 is 2.88 bits per heavy atom. The highest BCUT2D eigenvalue weighted by atomic mass is 79.9. The van der Waals surface area contributed by atoms with Crippen LogP contribution in [0, 0.1) is 11.3 Å². The average Bonchev–Trinajstić information content (AvgIpc) is 2.33. The molecule has 0 aliphatic carbocycles. The van der Waals surface area contributed by atoms with Crippen molar-refractivity contribution in [2.45, 2.75) is 6.92 Å². The van der Waals surface area contributed by atoms with Crippen LogP contribution in [0.4, 0.5) is 0 Å². The number of halogens is 1. The van der Waals surface area contributed by atoms with Gasteiger partial charge >= 0.3 is 0 Å². The number of aliphatic imine (C=N–C) groups is 3. The van der Waals surface area contributed by atoms with Crippen LogP contribution >= 0.6 is 15.9 Å². The molecule has 5 nitrogen and oxygen atoms in total. The molecule has 0 bridgehead atoms. The third-order valence-corrected chi connectivity index (χ3v) is 3.09. The number of rotatable bonds is 0. The summed E-state index contributed by atoms with van der Waals surface area (Å²) in [6.45, 7) is 1.80. The molecule has 0 fully saturated rings. The fourth-order valence-electron chi connectivity index (χ4n) is 1.76. The Morgan fingerprint density at radius 2 is 2.12 bits per heavy atom. The highest BCUT2D eigenvalue weighted by Gasteiger charge is 2.33. The summed E-state index contributed by atoms with van der Waals surface area (Å²) >= 11 is 3.42. The molecule has 3 aliphatic heterocycles. The third kappa shape index (κ3) is 1.40. The minimum Gasteiger partial charge on any atom is -0.260 e. The van der Waals surface area contributed by atoms with Gasteiger partial charge in [0.1, 0.15) is 23.3 Å². The van der Waals surface area contributed by atoms with E-state index in [0.717, 1.165) is 10.3 Å². The van der Waals surface area contributed by atoms with Crippen LogP contribution in [0.2, 0.25) is 0 Å². The average molecular weight is 288 g/mol. The molecule has 82 valence electrons. The second-order valence-electron chi connectivity index (χ2n) is 3.58. The van der Waals surface area contributed by atoms with Gasteiger partial charge in [0, 0.05) is 0 Å². The highest BCUT2D eigenvalue weighted by Crippen LogP contribution is 2.29. The van der Waals surface area contributed by atoms with E-state index in [0.29, 0.717) is 23.1 Å². The van der Waals surface area contributed by atoms with Crippen molar-refractivity contribution in [1.29, 1.82) is 5.26 Å². The lowest BCUT2D eigenvalue weighted by atomic mass is 10.1. The summed E-state index contributed by atoms with van der Waals surface area (Å²) in [5.41, 5.74) is 0.441. The van der Waals surface area contributed by atoms with Crippen molar-refractivity contribution >= 4 is 33.4 Å². The first-order valence-electron chi connectivity index (χ1n) is 4.91. The Kier molecular flexibility index (Phi) is 2.09. The summed E-state index contributed by atoms with van der Waals surface area (Å²) in [6.07, 6.45) is 5.28. The second-order valence-corrected chi connectivity index (χ2v) is 4.43. The van der Waals surface area contributed by atoms with Crippen molar-refractivity contribution in [3.05, 3.63) is 34.2 Å². The van der Waals surface area contributed by atoms with Gasteiger partial charge in [0.25, 0.3) is 0 Å². The maximum Gasteiger partial charge on any atom is 0.161 e. The Balaban J connectivity index is 2.28. The number of nitriles is 1. The molecular formula is C11H6BrN5. The van der Waals surface area contributed by atoms with Crippen LogP contribution in [0.5, 0.6) is 0 Å². The molecule has 0 radical (unpaired) electrons. The van der Waals surface area contributed by atoms with Crippen LogP contribution in [0.15, 0.2) is 49.2 Å². The van der Waals surface area contributed by atoms with E-state index >= 15 is 0 Å². The van der Waals surface area contributed by atoms with E-state index in [1.807, 2.05) is 12.2 Å². The van der Waals surface area contributed by atoms with Gasteiger partial charge in [-0.15, -0.1) is 0 Å². The molecule has 3 rings (SSSR count). The van der Waals surface area contributed by atoms with Gasteiger partial charge in [-0.25, -0.2) is 15.0 Å². The minimum absolute atomic E-state index is 0.441. The Morgan fingerprint density at radius 1 is 1.29 bits per heavy atom. The number of hydrogen-bond acceptors (Lipinski definition) is 5. The van der Waals surface area contributed by atoms with E-state index in [1.54, 1.807) is 11.8 Å². The van der Waals surface area contributed by atoms with Gasteiger partial charge in [-0.2, -0.15) is 5.26 Å². The predicted octanol–water partition coefficient (Wildman–Crippen LogP) is 2.07. The van der Waals surface area contributed by atoms with E-state index < -0.39 is 0 Å². The molecule has 0 spiro atoms. The zero-order valence-corrected chi connectivity index (χ0v) is 10.4. The first-order chi connectivity index (χ1) is 8.20. The minimum atomic E-state index is 0.441. The normalized spacial score (nSPS) is 21.1. The van der Waals surface area contributed by atoms with E-state index in [9.17, 15) is 0 Å². The molecule has 0 saturated heterocycles. The summed E-state index contributed by atoms with van der Waals surface area (Å²) in [5.74, 6) is 2.66. The molecule has 17 heavy (non-hydrogen) atoms. The molecule has 0 unspecified atom stereocenters. The quantitative estimate of drug-likeness (QED) is 0.685. The van der Waals surface area contributed by atoms with Crippen molar-refractivity contribution in [1.82, 2.24) is 4.90 Å². The molecule has 0 atom stereocenters. The lowest BCUT2D eigenvalue weighted by Crippen LogP contribution is -2.42. The molecular weight excluding hydrogens is 282 g/mol. The molecule has 0 saturated carbocycles. The number of hydrogen-bond donors (Lipinski definition) is 0. The van der Waals surface area contributed by atoms with Gasteiger partial charge < -0.3 is 0 Å². The lowest BCUT2D eigenvalue weighted by molar-refractivity contribution is 0.717. The standard InChI is InChI=1S/C11H6BrN5/c1-6-15-9-3-2-8(12)11-14-5-7(4-13)10(16-6)17(9)11/h2-3,5H,1H3. The molecule has 6 heteroatoms. The third-order valence-electron chi connectivity index (χ3n) is 2.47. The number of allylic oxidation sites excluding steroid dienone is 2. The topological polar surface area (TPSA) is 64.1 Å². The van der Waals surface area contributed by atoms with Crippen molar-refractivity contribution < 1.29 is 0 Å². The van der Waals surface area contributed by atoms with Crippen LogP contribution in [-0.2, 0) is 0 Å². The maximum atomic E-state index is 9.06. The van der Waals surface area contributed by atoms with Gasteiger partial charge in [-0.3, -0.25) is 4.90 Å². The summed E-state index contributed by atoms with van der Waals surface area (Å²) in [4.78, 5) is 14.6. The number of amidine groups is 3. The van der Waals surface area contributed by atoms with E-state index in [1.165, 1.54) is 6.20 Å². The number of nitrogens with zero attached hydrogens (tertiary/aromatic N) is 5.